The molecule has 0 radical (unpaired) electrons. The molecule has 3 nitrogen and oxygen atoms in total. The van der Waals surface area contributed by atoms with Crippen LogP contribution in [0.25, 0.3) is 0 Å². The van der Waals surface area contributed by atoms with Crippen LogP contribution in [0.3, 0.4) is 0 Å². The molecule has 19 heavy (non-hydrogen) atoms. The number of nitrogens with one attached hydrogen (secondary N) is 1. The maximum atomic E-state index is 14.0. The normalized spacial score (nSPS) is 12.2. The van der Waals surface area contributed by atoms with Crippen LogP contribution in [0.5, 0.6) is 5.75 Å². The number of ether oxygens (including phenoxy) is 1. The van der Waals surface area contributed by atoms with Crippen molar-refractivity contribution >= 4 is 0 Å². The highest BCUT2D eigenvalue weighted by Crippen LogP contribution is 2.25. The Morgan fingerprint density at radius 3 is 2.53 bits per heavy atom. The lowest BCUT2D eigenvalue weighted by Crippen LogP contribution is -2.20. The van der Waals surface area contributed by atoms with E-state index < -0.39 is 17.7 Å². The van der Waals surface area contributed by atoms with E-state index in [-0.39, 0.29) is 0 Å². The average Bonchev–Trinajstić information content (AvgIpc) is 2.43. The fraction of sp³-hybridized carbons (Fsp3) is 0.214. The number of aromatic nitrogens is 1. The van der Waals surface area contributed by atoms with Gasteiger partial charge in [-0.3, -0.25) is 4.98 Å². The second-order valence-electron chi connectivity index (χ2n) is 4.01. The second kappa shape index (κ2) is 5.75. The molecule has 1 N–H and O–H groups in total. The molecule has 0 aliphatic rings. The maximum absolute atomic E-state index is 14.0. The molecular formula is C14H14F2N2O. The number of methoxy groups -OCH3 is 1. The lowest BCUT2D eigenvalue weighted by molar-refractivity contribution is 0.410. The Morgan fingerprint density at radius 2 is 2.00 bits per heavy atom. The van der Waals surface area contributed by atoms with Crippen LogP contribution in [0.1, 0.15) is 17.3 Å². The van der Waals surface area contributed by atoms with Crippen LogP contribution in [0.2, 0.25) is 0 Å². The number of halogens is 2. The third kappa shape index (κ3) is 2.88. The number of rotatable bonds is 4. The Balaban J connectivity index is 2.39. The van der Waals surface area contributed by atoms with E-state index in [1.807, 2.05) is 0 Å². The molecule has 2 rings (SSSR count). The SMILES string of the molecule is CNC(c1ccc(F)cn1)c1ccc(OC)cc1F. The van der Waals surface area contributed by atoms with Gasteiger partial charge in [0.05, 0.1) is 25.0 Å². The summed E-state index contributed by atoms with van der Waals surface area (Å²) in [7, 11) is 3.17. The van der Waals surface area contributed by atoms with Crippen molar-refractivity contribution < 1.29 is 13.5 Å². The summed E-state index contributed by atoms with van der Waals surface area (Å²) in [5.41, 5.74) is 0.982. The molecule has 0 amide bonds. The van der Waals surface area contributed by atoms with Gasteiger partial charge in [0, 0.05) is 11.6 Å². The summed E-state index contributed by atoms with van der Waals surface area (Å²) < 4.78 is 31.8. The molecule has 1 atom stereocenters. The molecule has 0 spiro atoms. The molecule has 1 heterocycles. The maximum Gasteiger partial charge on any atom is 0.141 e. The predicted molar refractivity (Wildman–Crippen MR) is 68.0 cm³/mol. The van der Waals surface area contributed by atoms with Gasteiger partial charge in [-0.05, 0) is 25.2 Å². The summed E-state index contributed by atoms with van der Waals surface area (Å²) in [5.74, 6) is -0.373. The van der Waals surface area contributed by atoms with Gasteiger partial charge >= 0.3 is 0 Å². The summed E-state index contributed by atoms with van der Waals surface area (Å²) in [4.78, 5) is 3.97. The Labute approximate surface area is 110 Å². The number of hydrogen-bond acceptors (Lipinski definition) is 3. The third-order valence-corrected chi connectivity index (χ3v) is 2.85. The molecule has 1 unspecified atom stereocenters. The van der Waals surface area contributed by atoms with Crippen molar-refractivity contribution in [3.63, 3.8) is 0 Å². The quantitative estimate of drug-likeness (QED) is 0.922. The van der Waals surface area contributed by atoms with Gasteiger partial charge in [-0.2, -0.15) is 0 Å². The molecule has 0 fully saturated rings. The first kappa shape index (κ1) is 13.4. The molecule has 0 aliphatic carbocycles. The highest BCUT2D eigenvalue weighted by Gasteiger charge is 2.17. The first-order chi connectivity index (χ1) is 9.15. The van der Waals surface area contributed by atoms with E-state index in [9.17, 15) is 8.78 Å². The van der Waals surface area contributed by atoms with Gasteiger partial charge in [-0.15, -0.1) is 0 Å². The highest BCUT2D eigenvalue weighted by atomic mass is 19.1. The van der Waals surface area contributed by atoms with Crippen molar-refractivity contribution in [2.75, 3.05) is 14.2 Å². The summed E-state index contributed by atoms with van der Waals surface area (Å²) in [5, 5.41) is 2.97. The zero-order chi connectivity index (χ0) is 13.8. The first-order valence-corrected chi connectivity index (χ1v) is 5.78. The van der Waals surface area contributed by atoms with Gasteiger partial charge in [0.15, 0.2) is 0 Å². The van der Waals surface area contributed by atoms with Crippen LogP contribution in [-0.2, 0) is 0 Å². The summed E-state index contributed by atoms with van der Waals surface area (Å²) in [6.07, 6.45) is 1.11. The van der Waals surface area contributed by atoms with E-state index in [1.165, 1.54) is 25.3 Å². The van der Waals surface area contributed by atoms with Crippen LogP contribution >= 0.6 is 0 Å². The van der Waals surface area contributed by atoms with E-state index in [0.29, 0.717) is 17.0 Å². The topological polar surface area (TPSA) is 34.2 Å². The monoisotopic (exact) mass is 264 g/mol. The molecule has 0 bridgehead atoms. The molecule has 100 valence electrons. The van der Waals surface area contributed by atoms with Crippen molar-refractivity contribution in [1.82, 2.24) is 10.3 Å². The highest BCUT2D eigenvalue weighted by molar-refractivity contribution is 5.34. The summed E-state index contributed by atoms with van der Waals surface area (Å²) in [6, 6.07) is 7.00. The average molecular weight is 264 g/mol. The minimum atomic E-state index is -0.438. The van der Waals surface area contributed by atoms with Crippen LogP contribution in [-0.4, -0.2) is 19.1 Å². The van der Waals surface area contributed by atoms with Crippen molar-refractivity contribution in [3.05, 3.63) is 59.4 Å². The van der Waals surface area contributed by atoms with Gasteiger partial charge in [-0.25, -0.2) is 8.78 Å². The fourth-order valence-electron chi connectivity index (χ4n) is 1.89. The Hall–Kier alpha value is -2.01. The first-order valence-electron chi connectivity index (χ1n) is 5.78. The van der Waals surface area contributed by atoms with Gasteiger partial charge in [0.25, 0.3) is 0 Å². The van der Waals surface area contributed by atoms with E-state index >= 15 is 0 Å². The minimum absolute atomic E-state index is 0.398. The lowest BCUT2D eigenvalue weighted by Gasteiger charge is -2.17. The zero-order valence-electron chi connectivity index (χ0n) is 10.7. The van der Waals surface area contributed by atoms with E-state index in [2.05, 4.69) is 10.3 Å². The van der Waals surface area contributed by atoms with E-state index in [1.54, 1.807) is 19.2 Å². The zero-order valence-corrected chi connectivity index (χ0v) is 10.7. The van der Waals surface area contributed by atoms with Gasteiger partial charge in [0.2, 0.25) is 0 Å². The van der Waals surface area contributed by atoms with Crippen LogP contribution in [0, 0.1) is 11.6 Å². The predicted octanol–water partition coefficient (Wildman–Crippen LogP) is 2.68. The Morgan fingerprint density at radius 1 is 1.21 bits per heavy atom. The number of nitrogens with zero attached hydrogens (tertiary/aromatic N) is 1. The van der Waals surface area contributed by atoms with Gasteiger partial charge < -0.3 is 10.1 Å². The van der Waals surface area contributed by atoms with E-state index in [4.69, 9.17) is 4.74 Å². The van der Waals surface area contributed by atoms with Gasteiger partial charge in [0.1, 0.15) is 17.4 Å². The second-order valence-corrected chi connectivity index (χ2v) is 4.01. The van der Waals surface area contributed by atoms with Crippen molar-refractivity contribution in [3.8, 4) is 5.75 Å². The molecule has 0 saturated heterocycles. The largest absolute Gasteiger partial charge is 0.497 e. The number of hydrogen-bond donors (Lipinski definition) is 1. The Kier molecular flexibility index (Phi) is 4.06. The molecule has 0 saturated carbocycles. The standard InChI is InChI=1S/C14H14F2N2O/c1-17-14(13-6-3-9(15)8-18-13)11-5-4-10(19-2)7-12(11)16/h3-8,14,17H,1-2H3. The molecule has 1 aromatic heterocycles. The molecule has 1 aromatic carbocycles. The van der Waals surface area contributed by atoms with Gasteiger partial charge in [-0.1, -0.05) is 6.07 Å². The van der Waals surface area contributed by atoms with Crippen molar-refractivity contribution in [2.45, 2.75) is 6.04 Å². The van der Waals surface area contributed by atoms with E-state index in [0.717, 1.165) is 6.20 Å². The van der Waals surface area contributed by atoms with Crippen LogP contribution < -0.4 is 10.1 Å². The summed E-state index contributed by atoms with van der Waals surface area (Å²) in [6.45, 7) is 0. The molecule has 5 heteroatoms. The lowest BCUT2D eigenvalue weighted by atomic mass is 10.0. The smallest absolute Gasteiger partial charge is 0.141 e. The third-order valence-electron chi connectivity index (χ3n) is 2.85. The van der Waals surface area contributed by atoms with Crippen molar-refractivity contribution in [2.24, 2.45) is 0 Å². The number of pyridine rings is 1. The van der Waals surface area contributed by atoms with Crippen LogP contribution in [0.4, 0.5) is 8.78 Å². The minimum Gasteiger partial charge on any atom is -0.497 e. The molecule has 0 aliphatic heterocycles. The molecule has 2 aromatic rings. The molecular weight excluding hydrogens is 250 g/mol. The fourth-order valence-corrected chi connectivity index (χ4v) is 1.89. The van der Waals surface area contributed by atoms with Crippen molar-refractivity contribution in [1.29, 1.82) is 0 Å². The number of benzene rings is 1. The Bertz CT molecular complexity index is 558. The summed E-state index contributed by atoms with van der Waals surface area (Å²) >= 11 is 0. The van der Waals surface area contributed by atoms with Crippen LogP contribution in [0.15, 0.2) is 36.5 Å².